The summed E-state index contributed by atoms with van der Waals surface area (Å²) < 4.78 is 1.84. The van der Waals surface area contributed by atoms with Crippen LogP contribution in [0.2, 0.25) is 0 Å². The molecular formula is C20H20N4OS. The van der Waals surface area contributed by atoms with Crippen molar-refractivity contribution in [3.05, 3.63) is 70.3 Å². The molecule has 6 heteroatoms. The van der Waals surface area contributed by atoms with E-state index in [4.69, 9.17) is 4.98 Å². The number of fused-ring (bicyclic) bond motifs is 1. The Morgan fingerprint density at radius 2 is 2.00 bits per heavy atom. The Balaban J connectivity index is 1.70. The summed E-state index contributed by atoms with van der Waals surface area (Å²) in [5.74, 6) is 0. The second kappa shape index (κ2) is 6.55. The number of rotatable bonds is 4. The van der Waals surface area contributed by atoms with Gasteiger partial charge in [0.2, 0.25) is 0 Å². The summed E-state index contributed by atoms with van der Waals surface area (Å²) in [6.45, 7) is 4.07. The number of aliphatic hydroxyl groups is 1. The predicted octanol–water partition coefficient (Wildman–Crippen LogP) is 4.20. The highest BCUT2D eigenvalue weighted by Crippen LogP contribution is 2.34. The molecule has 0 spiro atoms. The van der Waals surface area contributed by atoms with Crippen molar-refractivity contribution in [1.29, 1.82) is 0 Å². The van der Waals surface area contributed by atoms with E-state index in [1.54, 1.807) is 0 Å². The third-order valence-corrected chi connectivity index (χ3v) is 5.50. The van der Waals surface area contributed by atoms with Crippen LogP contribution in [0.1, 0.15) is 21.7 Å². The highest BCUT2D eigenvalue weighted by atomic mass is 32.1. The minimum absolute atomic E-state index is 0.678. The lowest BCUT2D eigenvalue weighted by atomic mass is 10.2. The number of pyridine rings is 1. The number of nitrogens with zero attached hydrogens (tertiary/aromatic N) is 4. The molecule has 0 aliphatic heterocycles. The van der Waals surface area contributed by atoms with Gasteiger partial charge in [0.05, 0.1) is 17.4 Å². The molecule has 3 heterocycles. The van der Waals surface area contributed by atoms with Crippen molar-refractivity contribution in [3.63, 3.8) is 0 Å². The Morgan fingerprint density at radius 1 is 1.15 bits per heavy atom. The summed E-state index contributed by atoms with van der Waals surface area (Å²) >= 11 is 1.52. The van der Waals surface area contributed by atoms with Crippen LogP contribution >= 0.6 is 11.3 Å². The molecule has 0 amide bonds. The smallest absolute Gasteiger partial charge is 0.180 e. The SMILES string of the molecule is Cc1cccc(N(C)C(O)c2nc(-c3cnn4ccccc34)c(C)s2)c1. The van der Waals surface area contributed by atoms with Crippen LogP contribution in [0, 0.1) is 13.8 Å². The van der Waals surface area contributed by atoms with Crippen molar-refractivity contribution in [2.24, 2.45) is 0 Å². The largest absolute Gasteiger partial charge is 0.367 e. The lowest BCUT2D eigenvalue weighted by Gasteiger charge is -2.24. The van der Waals surface area contributed by atoms with Crippen LogP contribution in [-0.4, -0.2) is 26.8 Å². The molecule has 1 unspecified atom stereocenters. The fourth-order valence-electron chi connectivity index (χ4n) is 3.05. The minimum atomic E-state index is -0.795. The van der Waals surface area contributed by atoms with E-state index in [1.165, 1.54) is 11.3 Å². The maximum atomic E-state index is 10.8. The van der Waals surface area contributed by atoms with Gasteiger partial charge in [0.1, 0.15) is 5.01 Å². The summed E-state index contributed by atoms with van der Waals surface area (Å²) in [4.78, 5) is 7.65. The number of aliphatic hydroxyl groups excluding tert-OH is 1. The molecular weight excluding hydrogens is 344 g/mol. The van der Waals surface area contributed by atoms with Gasteiger partial charge in [-0.1, -0.05) is 18.2 Å². The van der Waals surface area contributed by atoms with Crippen molar-refractivity contribution in [3.8, 4) is 11.3 Å². The Bertz CT molecular complexity index is 1070. The van der Waals surface area contributed by atoms with Gasteiger partial charge in [0.25, 0.3) is 0 Å². The summed E-state index contributed by atoms with van der Waals surface area (Å²) in [5, 5.41) is 15.9. The Kier molecular flexibility index (Phi) is 4.22. The van der Waals surface area contributed by atoms with E-state index in [0.717, 1.165) is 32.9 Å². The van der Waals surface area contributed by atoms with Gasteiger partial charge >= 0.3 is 0 Å². The van der Waals surface area contributed by atoms with Gasteiger partial charge in [-0.05, 0) is 43.7 Å². The molecule has 4 rings (SSSR count). The summed E-state index contributed by atoms with van der Waals surface area (Å²) in [7, 11) is 1.88. The van der Waals surface area contributed by atoms with Crippen LogP contribution in [0.3, 0.4) is 0 Å². The molecule has 0 aliphatic rings. The molecule has 1 aromatic carbocycles. The van der Waals surface area contributed by atoms with Gasteiger partial charge in [0, 0.05) is 29.4 Å². The second-order valence-corrected chi connectivity index (χ2v) is 7.60. The fraction of sp³-hybridized carbons (Fsp3) is 0.200. The van der Waals surface area contributed by atoms with Crippen LogP contribution in [-0.2, 0) is 0 Å². The molecule has 0 saturated heterocycles. The van der Waals surface area contributed by atoms with Gasteiger partial charge < -0.3 is 10.0 Å². The zero-order valence-electron chi connectivity index (χ0n) is 14.9. The number of thiazole rings is 1. The van der Waals surface area contributed by atoms with E-state index >= 15 is 0 Å². The van der Waals surface area contributed by atoms with E-state index in [-0.39, 0.29) is 0 Å². The van der Waals surface area contributed by atoms with Crippen molar-refractivity contribution in [1.82, 2.24) is 14.6 Å². The first-order valence-corrected chi connectivity index (χ1v) is 9.24. The minimum Gasteiger partial charge on any atom is -0.367 e. The van der Waals surface area contributed by atoms with Gasteiger partial charge in [-0.25, -0.2) is 9.50 Å². The number of hydrogen-bond acceptors (Lipinski definition) is 5. The quantitative estimate of drug-likeness (QED) is 0.551. The van der Waals surface area contributed by atoms with Crippen LogP contribution in [0.15, 0.2) is 54.9 Å². The van der Waals surface area contributed by atoms with Crippen molar-refractivity contribution in [2.45, 2.75) is 20.1 Å². The zero-order chi connectivity index (χ0) is 18.3. The summed E-state index contributed by atoms with van der Waals surface area (Å²) in [5.41, 5.74) is 4.99. The van der Waals surface area contributed by atoms with E-state index < -0.39 is 6.23 Å². The number of anilines is 1. The molecule has 3 aromatic heterocycles. The van der Waals surface area contributed by atoms with Gasteiger partial charge in [-0.3, -0.25) is 0 Å². The van der Waals surface area contributed by atoms with Crippen molar-refractivity contribution in [2.75, 3.05) is 11.9 Å². The van der Waals surface area contributed by atoms with E-state index in [0.29, 0.717) is 5.01 Å². The lowest BCUT2D eigenvalue weighted by Crippen LogP contribution is -2.23. The molecule has 4 aromatic rings. The standard InChI is InChI=1S/C20H20N4OS/c1-13-7-6-8-15(11-13)23(3)20(25)19-22-18(14(2)26-19)16-12-21-24-10-5-4-9-17(16)24/h4-12,20,25H,1-3H3. The molecule has 132 valence electrons. The second-order valence-electron chi connectivity index (χ2n) is 6.37. The Morgan fingerprint density at radius 3 is 2.81 bits per heavy atom. The molecule has 26 heavy (non-hydrogen) atoms. The first-order chi connectivity index (χ1) is 12.5. The van der Waals surface area contributed by atoms with E-state index in [1.807, 2.05) is 79.1 Å². The highest BCUT2D eigenvalue weighted by Gasteiger charge is 2.22. The molecule has 1 atom stereocenters. The number of benzene rings is 1. The molecule has 5 nitrogen and oxygen atoms in total. The summed E-state index contributed by atoms with van der Waals surface area (Å²) in [6, 6.07) is 14.0. The van der Waals surface area contributed by atoms with Crippen molar-refractivity contribution >= 4 is 22.5 Å². The molecule has 0 saturated carbocycles. The van der Waals surface area contributed by atoms with Crippen LogP contribution in [0.25, 0.3) is 16.8 Å². The highest BCUT2D eigenvalue weighted by molar-refractivity contribution is 7.12. The monoisotopic (exact) mass is 364 g/mol. The first kappa shape index (κ1) is 16.8. The maximum Gasteiger partial charge on any atom is 0.180 e. The average Bonchev–Trinajstić information content (AvgIpc) is 3.23. The molecule has 0 bridgehead atoms. The van der Waals surface area contributed by atoms with E-state index in [9.17, 15) is 5.11 Å². The van der Waals surface area contributed by atoms with Crippen LogP contribution < -0.4 is 4.90 Å². The molecule has 0 aliphatic carbocycles. The number of aromatic nitrogens is 3. The predicted molar refractivity (Wildman–Crippen MR) is 106 cm³/mol. The third-order valence-electron chi connectivity index (χ3n) is 4.49. The number of hydrogen-bond donors (Lipinski definition) is 1. The topological polar surface area (TPSA) is 53.7 Å². The molecule has 0 fully saturated rings. The van der Waals surface area contributed by atoms with Gasteiger partial charge in [0.15, 0.2) is 6.23 Å². The van der Waals surface area contributed by atoms with Crippen molar-refractivity contribution < 1.29 is 5.11 Å². The van der Waals surface area contributed by atoms with Gasteiger partial charge in [-0.2, -0.15) is 5.10 Å². The summed E-state index contributed by atoms with van der Waals surface area (Å²) in [6.07, 6.45) is 2.95. The maximum absolute atomic E-state index is 10.8. The number of aryl methyl sites for hydroxylation is 2. The molecule has 1 N–H and O–H groups in total. The third kappa shape index (κ3) is 2.87. The van der Waals surface area contributed by atoms with E-state index in [2.05, 4.69) is 11.2 Å². The zero-order valence-corrected chi connectivity index (χ0v) is 15.7. The first-order valence-electron chi connectivity index (χ1n) is 8.42. The lowest BCUT2D eigenvalue weighted by molar-refractivity contribution is 0.178. The average molecular weight is 364 g/mol. The molecule has 0 radical (unpaired) electrons. The van der Waals surface area contributed by atoms with Gasteiger partial charge in [-0.15, -0.1) is 11.3 Å². The van der Waals surface area contributed by atoms with Crippen LogP contribution in [0.4, 0.5) is 5.69 Å². The Hall–Kier alpha value is -2.70. The van der Waals surface area contributed by atoms with Crippen LogP contribution in [0.5, 0.6) is 0 Å². The Labute approximate surface area is 156 Å². The normalized spacial score (nSPS) is 12.5. The fourth-order valence-corrected chi connectivity index (χ4v) is 4.01.